The number of anilines is 1. The van der Waals surface area contributed by atoms with Gasteiger partial charge in [0.15, 0.2) is 0 Å². The fraction of sp³-hybridized carbons (Fsp3) is 0.696. The minimum absolute atomic E-state index is 0.00264. The molecule has 2 unspecified atom stereocenters. The Labute approximate surface area is 180 Å². The molecule has 0 aromatic carbocycles. The van der Waals surface area contributed by atoms with Crippen LogP contribution in [0.25, 0.3) is 0 Å². The number of rotatable bonds is 8. The van der Waals surface area contributed by atoms with Crippen LogP contribution in [-0.2, 0) is 9.59 Å². The summed E-state index contributed by atoms with van der Waals surface area (Å²) in [4.78, 5) is 33.9. The molecule has 0 spiro atoms. The molecule has 2 amide bonds. The minimum Gasteiger partial charge on any atom is -0.354 e. The van der Waals surface area contributed by atoms with Crippen molar-refractivity contribution in [3.8, 4) is 0 Å². The van der Waals surface area contributed by atoms with Crippen molar-refractivity contribution in [3.63, 3.8) is 0 Å². The fourth-order valence-corrected chi connectivity index (χ4v) is 4.52. The molecule has 30 heavy (non-hydrogen) atoms. The molecule has 2 heterocycles. The zero-order chi connectivity index (χ0) is 21.3. The van der Waals surface area contributed by atoms with Gasteiger partial charge in [-0.2, -0.15) is 0 Å². The topological polar surface area (TPSA) is 77.6 Å². The van der Waals surface area contributed by atoms with Gasteiger partial charge in [0.2, 0.25) is 11.8 Å². The quantitative estimate of drug-likeness (QED) is 0.681. The van der Waals surface area contributed by atoms with Crippen LogP contribution in [0.15, 0.2) is 24.4 Å². The van der Waals surface area contributed by atoms with Gasteiger partial charge in [0.25, 0.3) is 0 Å². The number of nitrogens with one attached hydrogen (secondary N) is 2. The van der Waals surface area contributed by atoms with Crippen LogP contribution >= 0.6 is 0 Å². The lowest BCUT2D eigenvalue weighted by Crippen LogP contribution is -2.53. The van der Waals surface area contributed by atoms with Crippen LogP contribution in [0.1, 0.15) is 52.4 Å². The summed E-state index contributed by atoms with van der Waals surface area (Å²) in [5.41, 5.74) is 0. The molecule has 2 N–H and O–H groups in total. The summed E-state index contributed by atoms with van der Waals surface area (Å²) in [6, 6.07) is 5.54. The van der Waals surface area contributed by atoms with Gasteiger partial charge in [0.05, 0.1) is 0 Å². The Morgan fingerprint density at radius 1 is 1.07 bits per heavy atom. The normalized spacial score (nSPS) is 20.4. The summed E-state index contributed by atoms with van der Waals surface area (Å²) in [5.74, 6) is 1.41. The van der Waals surface area contributed by atoms with Crippen LogP contribution < -0.4 is 15.5 Å². The zero-order valence-corrected chi connectivity index (χ0v) is 18.5. The van der Waals surface area contributed by atoms with E-state index in [1.807, 2.05) is 31.3 Å². The molecule has 7 nitrogen and oxygen atoms in total. The first-order valence-electron chi connectivity index (χ1n) is 11.5. The second-order valence-corrected chi connectivity index (χ2v) is 8.88. The van der Waals surface area contributed by atoms with Gasteiger partial charge in [-0.15, -0.1) is 0 Å². The van der Waals surface area contributed by atoms with E-state index in [2.05, 4.69) is 25.4 Å². The Bertz CT molecular complexity index is 669. The SMILES string of the molecule is CC(CN1CCN(c2ccccn2)CC1)NC(=O)C(C)NC(=O)CC1CCCCC1. The summed E-state index contributed by atoms with van der Waals surface area (Å²) in [7, 11) is 0. The summed E-state index contributed by atoms with van der Waals surface area (Å²) in [6.07, 6.45) is 8.38. The predicted molar refractivity (Wildman–Crippen MR) is 119 cm³/mol. The van der Waals surface area contributed by atoms with Gasteiger partial charge in [0.1, 0.15) is 11.9 Å². The molecule has 7 heteroatoms. The molecule has 2 atom stereocenters. The molecule has 1 saturated carbocycles. The summed E-state index contributed by atoms with van der Waals surface area (Å²) in [5, 5.41) is 5.94. The minimum atomic E-state index is -0.496. The number of nitrogens with zero attached hydrogens (tertiary/aromatic N) is 3. The molecule has 1 aromatic heterocycles. The number of carbonyl (C=O) groups excluding carboxylic acids is 2. The van der Waals surface area contributed by atoms with E-state index in [0.717, 1.165) is 51.4 Å². The van der Waals surface area contributed by atoms with E-state index < -0.39 is 6.04 Å². The van der Waals surface area contributed by atoms with Crippen molar-refractivity contribution in [2.75, 3.05) is 37.6 Å². The summed E-state index contributed by atoms with van der Waals surface area (Å²) in [6.45, 7) is 8.38. The number of aromatic nitrogens is 1. The summed E-state index contributed by atoms with van der Waals surface area (Å²) >= 11 is 0. The second kappa shape index (κ2) is 11.3. The maximum absolute atomic E-state index is 12.5. The lowest BCUT2D eigenvalue weighted by atomic mass is 9.87. The van der Waals surface area contributed by atoms with Crippen molar-refractivity contribution in [2.45, 2.75) is 64.5 Å². The number of amides is 2. The van der Waals surface area contributed by atoms with Gasteiger partial charge in [-0.05, 0) is 44.7 Å². The Morgan fingerprint density at radius 2 is 1.80 bits per heavy atom. The summed E-state index contributed by atoms with van der Waals surface area (Å²) < 4.78 is 0. The maximum atomic E-state index is 12.5. The molecule has 0 bridgehead atoms. The average molecular weight is 416 g/mol. The number of hydrogen-bond acceptors (Lipinski definition) is 5. The molecular formula is C23H37N5O2. The largest absolute Gasteiger partial charge is 0.354 e. The molecule has 2 aliphatic rings. The Balaban J connectivity index is 1.34. The average Bonchev–Trinajstić information content (AvgIpc) is 2.75. The number of carbonyl (C=O) groups is 2. The first-order chi connectivity index (χ1) is 14.5. The second-order valence-electron chi connectivity index (χ2n) is 8.88. The molecule has 166 valence electrons. The third-order valence-electron chi connectivity index (χ3n) is 6.24. The van der Waals surface area contributed by atoms with Crippen LogP contribution in [0.2, 0.25) is 0 Å². The van der Waals surface area contributed by atoms with Crippen LogP contribution in [0.4, 0.5) is 5.82 Å². The first kappa shape index (κ1) is 22.5. The van der Waals surface area contributed by atoms with Crippen molar-refractivity contribution in [1.29, 1.82) is 0 Å². The fourth-order valence-electron chi connectivity index (χ4n) is 4.52. The van der Waals surface area contributed by atoms with E-state index >= 15 is 0 Å². The monoisotopic (exact) mass is 415 g/mol. The molecule has 1 aliphatic heterocycles. The molecule has 0 radical (unpaired) electrons. The molecule has 1 aliphatic carbocycles. The van der Waals surface area contributed by atoms with Crippen LogP contribution in [-0.4, -0.2) is 66.5 Å². The van der Waals surface area contributed by atoms with Gasteiger partial charge in [0, 0.05) is 51.4 Å². The van der Waals surface area contributed by atoms with Crippen LogP contribution in [0.5, 0.6) is 0 Å². The zero-order valence-electron chi connectivity index (χ0n) is 18.5. The van der Waals surface area contributed by atoms with Crippen molar-refractivity contribution in [2.24, 2.45) is 5.92 Å². The van der Waals surface area contributed by atoms with E-state index in [0.29, 0.717) is 12.3 Å². The van der Waals surface area contributed by atoms with Crippen molar-refractivity contribution in [1.82, 2.24) is 20.5 Å². The van der Waals surface area contributed by atoms with Gasteiger partial charge in [-0.25, -0.2) is 4.98 Å². The molecule has 1 saturated heterocycles. The highest BCUT2D eigenvalue weighted by molar-refractivity contribution is 5.87. The van der Waals surface area contributed by atoms with E-state index in [1.165, 1.54) is 19.3 Å². The third-order valence-corrected chi connectivity index (χ3v) is 6.24. The number of piperazine rings is 1. The third kappa shape index (κ3) is 6.97. The Morgan fingerprint density at radius 3 is 2.47 bits per heavy atom. The van der Waals surface area contributed by atoms with Crippen molar-refractivity contribution in [3.05, 3.63) is 24.4 Å². The number of hydrogen-bond donors (Lipinski definition) is 2. The lowest BCUT2D eigenvalue weighted by molar-refractivity contribution is -0.129. The van der Waals surface area contributed by atoms with E-state index in [1.54, 1.807) is 6.92 Å². The van der Waals surface area contributed by atoms with Crippen LogP contribution in [0, 0.1) is 5.92 Å². The highest BCUT2D eigenvalue weighted by atomic mass is 16.2. The van der Waals surface area contributed by atoms with Gasteiger partial charge < -0.3 is 15.5 Å². The van der Waals surface area contributed by atoms with Gasteiger partial charge >= 0.3 is 0 Å². The molecule has 2 fully saturated rings. The van der Waals surface area contributed by atoms with E-state index in [4.69, 9.17) is 0 Å². The van der Waals surface area contributed by atoms with Crippen molar-refractivity contribution < 1.29 is 9.59 Å². The first-order valence-corrected chi connectivity index (χ1v) is 11.5. The van der Waals surface area contributed by atoms with E-state index in [-0.39, 0.29) is 17.9 Å². The maximum Gasteiger partial charge on any atom is 0.242 e. The lowest BCUT2D eigenvalue weighted by Gasteiger charge is -2.36. The molecule has 3 rings (SSSR count). The van der Waals surface area contributed by atoms with E-state index in [9.17, 15) is 9.59 Å². The molecular weight excluding hydrogens is 378 g/mol. The highest BCUT2D eigenvalue weighted by Gasteiger charge is 2.23. The Hall–Kier alpha value is -2.15. The highest BCUT2D eigenvalue weighted by Crippen LogP contribution is 2.26. The van der Waals surface area contributed by atoms with Crippen molar-refractivity contribution >= 4 is 17.6 Å². The van der Waals surface area contributed by atoms with Gasteiger partial charge in [-0.3, -0.25) is 14.5 Å². The molecule has 1 aromatic rings. The van der Waals surface area contributed by atoms with Crippen LogP contribution in [0.3, 0.4) is 0 Å². The standard InChI is InChI=1S/C23H37N5O2/c1-18(17-27-12-14-28(15-13-27)21-10-6-7-11-24-21)25-23(30)19(2)26-22(29)16-20-8-4-3-5-9-20/h6-7,10-11,18-20H,3-5,8-9,12-17H2,1-2H3,(H,25,30)(H,26,29). The predicted octanol–water partition coefficient (Wildman–Crippen LogP) is 2.18. The number of pyridine rings is 1. The Kier molecular flexibility index (Phi) is 8.49. The smallest absolute Gasteiger partial charge is 0.242 e. The van der Waals surface area contributed by atoms with Gasteiger partial charge in [-0.1, -0.05) is 25.3 Å².